The maximum atomic E-state index is 13.0. The summed E-state index contributed by atoms with van der Waals surface area (Å²) in [5.41, 5.74) is 1.63. The number of hydrogen-bond acceptors (Lipinski definition) is 3. The number of anilines is 1. The van der Waals surface area contributed by atoms with Gasteiger partial charge in [0.25, 0.3) is 0 Å². The average molecular weight is 326 g/mol. The van der Waals surface area contributed by atoms with Crippen LogP contribution in [0, 0.1) is 11.3 Å². The highest BCUT2D eigenvalue weighted by atomic mass is 16.2. The number of rotatable bonds is 3. The van der Waals surface area contributed by atoms with Crippen molar-refractivity contribution >= 4 is 22.5 Å². The number of hydrogen-bond donors (Lipinski definition) is 2. The number of nitrogens with one attached hydrogen (secondary N) is 2. The van der Waals surface area contributed by atoms with E-state index in [2.05, 4.69) is 35.8 Å². The molecule has 0 radical (unpaired) electrons. The summed E-state index contributed by atoms with van der Waals surface area (Å²) < 4.78 is 1.97. The van der Waals surface area contributed by atoms with E-state index in [-0.39, 0.29) is 11.3 Å². The Kier molecular flexibility index (Phi) is 3.83. The molecule has 2 fully saturated rings. The molecule has 1 saturated heterocycles. The SMILES string of the molecule is CC(C)n1cc2cc(NC(=O)[C@@]34CCCC[C@H]3CNC4)ccc2n1. The van der Waals surface area contributed by atoms with Crippen molar-refractivity contribution in [3.8, 4) is 0 Å². The molecule has 0 bridgehead atoms. The summed E-state index contributed by atoms with van der Waals surface area (Å²) in [5, 5.41) is 12.3. The fourth-order valence-corrected chi connectivity index (χ4v) is 4.33. The van der Waals surface area contributed by atoms with Crippen molar-refractivity contribution in [3.63, 3.8) is 0 Å². The Morgan fingerprint density at radius 2 is 2.29 bits per heavy atom. The van der Waals surface area contributed by atoms with Crippen LogP contribution in [-0.2, 0) is 4.79 Å². The van der Waals surface area contributed by atoms with Gasteiger partial charge in [0.05, 0.1) is 10.9 Å². The second-order valence-electron chi connectivity index (χ2n) is 7.66. The summed E-state index contributed by atoms with van der Waals surface area (Å²) >= 11 is 0. The predicted molar refractivity (Wildman–Crippen MR) is 96.0 cm³/mol. The third kappa shape index (κ3) is 2.51. The van der Waals surface area contributed by atoms with E-state index in [1.54, 1.807) is 0 Å². The minimum absolute atomic E-state index is 0.188. The van der Waals surface area contributed by atoms with Crippen molar-refractivity contribution in [3.05, 3.63) is 24.4 Å². The van der Waals surface area contributed by atoms with Gasteiger partial charge in [-0.1, -0.05) is 12.8 Å². The van der Waals surface area contributed by atoms with Gasteiger partial charge >= 0.3 is 0 Å². The highest BCUT2D eigenvalue weighted by molar-refractivity contribution is 5.97. The molecule has 5 nitrogen and oxygen atoms in total. The molecule has 24 heavy (non-hydrogen) atoms. The minimum atomic E-state index is -0.213. The average Bonchev–Trinajstić information content (AvgIpc) is 3.19. The molecule has 1 aliphatic carbocycles. The van der Waals surface area contributed by atoms with E-state index < -0.39 is 0 Å². The number of benzene rings is 1. The molecule has 1 aliphatic heterocycles. The fraction of sp³-hybridized carbons (Fsp3) is 0.579. The lowest BCUT2D eigenvalue weighted by Gasteiger charge is -2.37. The Hall–Kier alpha value is -1.88. The quantitative estimate of drug-likeness (QED) is 0.909. The van der Waals surface area contributed by atoms with Crippen LogP contribution < -0.4 is 10.6 Å². The van der Waals surface area contributed by atoms with Gasteiger partial charge in [0.2, 0.25) is 5.91 Å². The first-order valence-corrected chi connectivity index (χ1v) is 9.09. The third-order valence-electron chi connectivity index (χ3n) is 5.80. The summed E-state index contributed by atoms with van der Waals surface area (Å²) in [4.78, 5) is 13.0. The van der Waals surface area contributed by atoms with Gasteiger partial charge in [0.1, 0.15) is 0 Å². The molecule has 1 aromatic heterocycles. The number of nitrogens with zero attached hydrogens (tertiary/aromatic N) is 2. The van der Waals surface area contributed by atoms with E-state index in [1.807, 2.05) is 22.9 Å². The first-order chi connectivity index (χ1) is 11.6. The fourth-order valence-electron chi connectivity index (χ4n) is 4.33. The Bertz CT molecular complexity index is 766. The predicted octanol–water partition coefficient (Wildman–Crippen LogP) is 3.34. The molecule has 2 heterocycles. The molecule has 2 aliphatic rings. The molecule has 5 heteroatoms. The van der Waals surface area contributed by atoms with Crippen LogP contribution in [0.25, 0.3) is 10.9 Å². The molecule has 1 aromatic carbocycles. The molecule has 4 rings (SSSR count). The molecule has 1 saturated carbocycles. The van der Waals surface area contributed by atoms with Crippen LogP contribution >= 0.6 is 0 Å². The number of carbonyl (C=O) groups is 1. The van der Waals surface area contributed by atoms with Crippen LogP contribution in [0.4, 0.5) is 5.69 Å². The normalized spacial score (nSPS) is 26.7. The first kappa shape index (κ1) is 15.6. The summed E-state index contributed by atoms with van der Waals surface area (Å²) in [6, 6.07) is 6.33. The maximum absolute atomic E-state index is 13.0. The van der Waals surface area contributed by atoms with Gasteiger partial charge in [-0.05, 0) is 57.4 Å². The van der Waals surface area contributed by atoms with Gasteiger partial charge in [-0.3, -0.25) is 9.48 Å². The highest BCUT2D eigenvalue weighted by Crippen LogP contribution is 2.44. The number of carbonyl (C=O) groups excluding carboxylic acids is 1. The topological polar surface area (TPSA) is 59.0 Å². The Morgan fingerprint density at radius 3 is 3.12 bits per heavy atom. The lowest BCUT2D eigenvalue weighted by molar-refractivity contribution is -0.128. The molecule has 128 valence electrons. The molecular weight excluding hydrogens is 300 g/mol. The zero-order chi connectivity index (χ0) is 16.7. The van der Waals surface area contributed by atoms with Crippen LogP contribution in [0.5, 0.6) is 0 Å². The van der Waals surface area contributed by atoms with Crippen LogP contribution in [0.15, 0.2) is 24.4 Å². The van der Waals surface area contributed by atoms with E-state index in [4.69, 9.17) is 0 Å². The van der Waals surface area contributed by atoms with E-state index >= 15 is 0 Å². The number of aromatic nitrogens is 2. The van der Waals surface area contributed by atoms with Crippen LogP contribution in [-0.4, -0.2) is 28.8 Å². The maximum Gasteiger partial charge on any atom is 0.232 e. The molecule has 0 spiro atoms. The van der Waals surface area contributed by atoms with E-state index in [0.29, 0.717) is 12.0 Å². The zero-order valence-corrected chi connectivity index (χ0v) is 14.5. The Balaban J connectivity index is 1.58. The monoisotopic (exact) mass is 326 g/mol. The summed E-state index contributed by atoms with van der Waals surface area (Å²) in [6.07, 6.45) is 6.63. The smallest absolute Gasteiger partial charge is 0.232 e. The lowest BCUT2D eigenvalue weighted by atomic mass is 9.67. The second kappa shape index (κ2) is 5.88. The van der Waals surface area contributed by atoms with Crippen molar-refractivity contribution in [1.82, 2.24) is 15.1 Å². The molecule has 1 amide bonds. The van der Waals surface area contributed by atoms with Crippen molar-refractivity contribution in [2.45, 2.75) is 45.6 Å². The van der Waals surface area contributed by atoms with Gasteiger partial charge in [0.15, 0.2) is 0 Å². The van der Waals surface area contributed by atoms with Gasteiger partial charge in [-0.2, -0.15) is 5.10 Å². The van der Waals surface area contributed by atoms with Gasteiger partial charge < -0.3 is 10.6 Å². The largest absolute Gasteiger partial charge is 0.326 e. The first-order valence-electron chi connectivity index (χ1n) is 9.09. The molecule has 2 N–H and O–H groups in total. The van der Waals surface area contributed by atoms with Crippen molar-refractivity contribution in [1.29, 1.82) is 0 Å². The van der Waals surface area contributed by atoms with Gasteiger partial charge in [-0.25, -0.2) is 0 Å². The van der Waals surface area contributed by atoms with Crippen LogP contribution in [0.3, 0.4) is 0 Å². The summed E-state index contributed by atoms with van der Waals surface area (Å²) in [5.74, 6) is 0.673. The van der Waals surface area contributed by atoms with E-state index in [1.165, 1.54) is 12.8 Å². The van der Waals surface area contributed by atoms with Gasteiger partial charge in [-0.15, -0.1) is 0 Å². The molecule has 2 atom stereocenters. The standard InChI is InChI=1S/C19H26N4O/c1-13(2)23-11-14-9-16(6-7-17(14)22-23)21-18(24)19-8-4-3-5-15(19)10-20-12-19/h6-7,9,11,13,15,20H,3-5,8,10,12H2,1-2H3,(H,21,24)/t15-,19+/m0/s1. The van der Waals surface area contributed by atoms with Crippen molar-refractivity contribution in [2.75, 3.05) is 18.4 Å². The van der Waals surface area contributed by atoms with Crippen molar-refractivity contribution < 1.29 is 4.79 Å². The minimum Gasteiger partial charge on any atom is -0.326 e. The number of amides is 1. The zero-order valence-electron chi connectivity index (χ0n) is 14.5. The third-order valence-corrected chi connectivity index (χ3v) is 5.80. The number of fused-ring (bicyclic) bond motifs is 2. The van der Waals surface area contributed by atoms with E-state index in [0.717, 1.165) is 42.5 Å². The van der Waals surface area contributed by atoms with Gasteiger partial charge in [0, 0.05) is 29.9 Å². The molecular formula is C19H26N4O. The molecule has 2 aromatic rings. The van der Waals surface area contributed by atoms with Crippen LogP contribution in [0.1, 0.15) is 45.6 Å². The van der Waals surface area contributed by atoms with Crippen molar-refractivity contribution in [2.24, 2.45) is 11.3 Å². The molecule has 0 unspecified atom stereocenters. The second-order valence-corrected chi connectivity index (χ2v) is 7.66. The van der Waals surface area contributed by atoms with Crippen LogP contribution in [0.2, 0.25) is 0 Å². The summed E-state index contributed by atoms with van der Waals surface area (Å²) in [6.45, 7) is 6.03. The highest BCUT2D eigenvalue weighted by Gasteiger charge is 2.49. The Labute approximate surface area is 142 Å². The summed E-state index contributed by atoms with van der Waals surface area (Å²) in [7, 11) is 0. The Morgan fingerprint density at radius 1 is 1.42 bits per heavy atom. The lowest BCUT2D eigenvalue weighted by Crippen LogP contribution is -2.44. The van der Waals surface area contributed by atoms with E-state index in [9.17, 15) is 4.79 Å².